The Kier molecular flexibility index (Phi) is 4.20. The Morgan fingerprint density at radius 3 is 3.00 bits per heavy atom. The van der Waals surface area contributed by atoms with Gasteiger partial charge < -0.3 is 4.90 Å². The average Bonchev–Trinajstić information content (AvgIpc) is 2.55. The predicted octanol–water partition coefficient (Wildman–Crippen LogP) is 3.18. The van der Waals surface area contributed by atoms with Gasteiger partial charge in [-0.15, -0.1) is 11.8 Å². The molecule has 0 radical (unpaired) electrons. The molecule has 0 aliphatic carbocycles. The summed E-state index contributed by atoms with van der Waals surface area (Å²) < 4.78 is 0. The number of pyridine rings is 2. The topological polar surface area (TPSA) is 46.1 Å². The lowest BCUT2D eigenvalue weighted by atomic mass is 10.1. The van der Waals surface area contributed by atoms with E-state index in [0.29, 0.717) is 5.56 Å². The van der Waals surface area contributed by atoms with Crippen LogP contribution >= 0.6 is 11.8 Å². The molecule has 0 N–H and O–H groups in total. The fourth-order valence-corrected chi connectivity index (χ4v) is 3.09. The molecule has 21 heavy (non-hydrogen) atoms. The Labute approximate surface area is 128 Å². The molecular weight excluding hydrogens is 282 g/mol. The lowest BCUT2D eigenvalue weighted by Crippen LogP contribution is -2.35. The number of aryl methyl sites for hydroxylation is 1. The second kappa shape index (κ2) is 6.26. The van der Waals surface area contributed by atoms with Crippen molar-refractivity contribution < 1.29 is 4.79 Å². The minimum absolute atomic E-state index is 0.00417. The zero-order chi connectivity index (χ0) is 14.7. The summed E-state index contributed by atoms with van der Waals surface area (Å²) in [5, 5.41) is 0.953. The Bertz CT molecular complexity index is 642. The van der Waals surface area contributed by atoms with Crippen molar-refractivity contribution >= 4 is 23.4 Å². The molecule has 1 aliphatic heterocycles. The van der Waals surface area contributed by atoms with Gasteiger partial charge in [0.15, 0.2) is 0 Å². The van der Waals surface area contributed by atoms with Crippen LogP contribution in [0, 0.1) is 0 Å². The van der Waals surface area contributed by atoms with Gasteiger partial charge in [-0.1, -0.05) is 6.92 Å². The molecule has 0 saturated heterocycles. The number of fused-ring (bicyclic) bond motifs is 1. The van der Waals surface area contributed by atoms with Gasteiger partial charge in [0.25, 0.3) is 5.91 Å². The fraction of sp³-hybridized carbons (Fsp3) is 0.312. The van der Waals surface area contributed by atoms with Crippen LogP contribution in [0.3, 0.4) is 0 Å². The number of amides is 1. The van der Waals surface area contributed by atoms with Crippen LogP contribution in [-0.4, -0.2) is 28.2 Å². The molecule has 3 heterocycles. The van der Waals surface area contributed by atoms with Crippen LogP contribution in [-0.2, 0) is 6.42 Å². The van der Waals surface area contributed by atoms with Crippen LogP contribution in [0.1, 0.15) is 29.4 Å². The van der Waals surface area contributed by atoms with E-state index < -0.39 is 0 Å². The minimum atomic E-state index is 0.00417. The molecular formula is C16H17N3OS. The van der Waals surface area contributed by atoms with E-state index in [1.54, 1.807) is 24.2 Å². The Morgan fingerprint density at radius 1 is 1.33 bits per heavy atom. The number of hydrogen-bond acceptors (Lipinski definition) is 4. The van der Waals surface area contributed by atoms with Crippen LogP contribution in [0.25, 0.3) is 0 Å². The molecule has 2 aromatic heterocycles. The summed E-state index contributed by atoms with van der Waals surface area (Å²) in [6.07, 6.45) is 5.34. The molecule has 0 spiro atoms. The van der Waals surface area contributed by atoms with Gasteiger partial charge in [-0.3, -0.25) is 9.78 Å². The lowest BCUT2D eigenvalue weighted by molar-refractivity contribution is 0.0984. The number of carbonyl (C=O) groups excluding carboxylic acids is 1. The highest BCUT2D eigenvalue weighted by atomic mass is 32.2. The number of rotatable bonds is 3. The van der Waals surface area contributed by atoms with Crippen LogP contribution < -0.4 is 4.90 Å². The number of hydrogen-bond donors (Lipinski definition) is 0. The molecule has 0 bridgehead atoms. The van der Waals surface area contributed by atoms with Crippen molar-refractivity contribution in [3.05, 3.63) is 47.9 Å². The summed E-state index contributed by atoms with van der Waals surface area (Å²) in [7, 11) is 0. The summed E-state index contributed by atoms with van der Waals surface area (Å²) in [5.41, 5.74) is 2.57. The smallest absolute Gasteiger partial charge is 0.259 e. The largest absolute Gasteiger partial charge is 0.306 e. The summed E-state index contributed by atoms with van der Waals surface area (Å²) in [6, 6.07) is 7.62. The monoisotopic (exact) mass is 299 g/mol. The van der Waals surface area contributed by atoms with Crippen molar-refractivity contribution in [3.8, 4) is 0 Å². The molecule has 2 aromatic rings. The van der Waals surface area contributed by atoms with Crippen molar-refractivity contribution in [2.75, 3.05) is 17.2 Å². The molecule has 0 atom stereocenters. The van der Waals surface area contributed by atoms with E-state index in [4.69, 9.17) is 0 Å². The zero-order valence-electron chi connectivity index (χ0n) is 12.0. The van der Waals surface area contributed by atoms with Crippen LogP contribution in [0.5, 0.6) is 0 Å². The predicted molar refractivity (Wildman–Crippen MR) is 84.9 cm³/mol. The highest BCUT2D eigenvalue weighted by Gasteiger charge is 2.24. The van der Waals surface area contributed by atoms with Gasteiger partial charge in [-0.05, 0) is 42.9 Å². The molecule has 1 amide bonds. The molecule has 5 heteroatoms. The van der Waals surface area contributed by atoms with Crippen molar-refractivity contribution in [1.82, 2.24) is 9.97 Å². The number of anilines is 1. The van der Waals surface area contributed by atoms with Gasteiger partial charge in [-0.25, -0.2) is 4.98 Å². The summed E-state index contributed by atoms with van der Waals surface area (Å²) in [5.74, 6) is 0.982. The molecule has 3 rings (SSSR count). The van der Waals surface area contributed by atoms with Crippen molar-refractivity contribution in [2.24, 2.45) is 0 Å². The SMILES string of the molecule is CCSc1ccc(C(=O)N2CCCc3ncccc32)cn1. The van der Waals surface area contributed by atoms with Gasteiger partial charge >= 0.3 is 0 Å². The third-order valence-corrected chi connectivity index (χ3v) is 4.30. The molecule has 0 saturated carbocycles. The van der Waals surface area contributed by atoms with Gasteiger partial charge in [0.2, 0.25) is 0 Å². The van der Waals surface area contributed by atoms with E-state index in [1.807, 2.05) is 29.2 Å². The summed E-state index contributed by atoms with van der Waals surface area (Å²) in [6.45, 7) is 2.83. The molecule has 0 aromatic carbocycles. The number of aromatic nitrogens is 2. The third kappa shape index (κ3) is 2.93. The average molecular weight is 299 g/mol. The first-order valence-electron chi connectivity index (χ1n) is 7.14. The molecule has 0 fully saturated rings. The maximum atomic E-state index is 12.7. The number of thioether (sulfide) groups is 1. The van der Waals surface area contributed by atoms with Crippen LogP contribution in [0.15, 0.2) is 41.7 Å². The standard InChI is InChI=1S/C16H17N3OS/c1-2-21-15-8-7-12(11-18-15)16(20)19-10-4-5-13-14(19)6-3-9-17-13/h3,6-9,11H,2,4-5,10H2,1H3. The normalized spacial score (nSPS) is 13.9. The van der Waals surface area contributed by atoms with Crippen molar-refractivity contribution in [1.29, 1.82) is 0 Å². The number of carbonyl (C=O) groups is 1. The van der Waals surface area contributed by atoms with E-state index in [-0.39, 0.29) is 5.91 Å². The van der Waals surface area contributed by atoms with E-state index in [9.17, 15) is 4.79 Å². The molecule has 4 nitrogen and oxygen atoms in total. The number of nitrogens with zero attached hydrogens (tertiary/aromatic N) is 3. The summed E-state index contributed by atoms with van der Waals surface area (Å²) >= 11 is 1.67. The minimum Gasteiger partial charge on any atom is -0.306 e. The Balaban J connectivity index is 1.86. The van der Waals surface area contributed by atoms with Gasteiger partial charge in [-0.2, -0.15) is 0 Å². The fourth-order valence-electron chi connectivity index (χ4n) is 2.50. The quantitative estimate of drug-likeness (QED) is 0.817. The first-order valence-corrected chi connectivity index (χ1v) is 8.12. The first-order chi connectivity index (χ1) is 10.3. The van der Waals surface area contributed by atoms with E-state index >= 15 is 0 Å². The van der Waals surface area contributed by atoms with E-state index in [2.05, 4.69) is 16.9 Å². The molecule has 108 valence electrons. The van der Waals surface area contributed by atoms with E-state index in [1.165, 1.54) is 0 Å². The first kappa shape index (κ1) is 14.1. The van der Waals surface area contributed by atoms with Crippen molar-refractivity contribution in [3.63, 3.8) is 0 Å². The third-order valence-electron chi connectivity index (χ3n) is 3.47. The van der Waals surface area contributed by atoms with Gasteiger partial charge in [0, 0.05) is 18.9 Å². The van der Waals surface area contributed by atoms with Gasteiger partial charge in [0.05, 0.1) is 22.0 Å². The maximum absolute atomic E-state index is 12.7. The van der Waals surface area contributed by atoms with Crippen LogP contribution in [0.2, 0.25) is 0 Å². The second-order valence-electron chi connectivity index (χ2n) is 4.85. The van der Waals surface area contributed by atoms with Crippen LogP contribution in [0.4, 0.5) is 5.69 Å². The highest BCUT2D eigenvalue weighted by molar-refractivity contribution is 7.99. The second-order valence-corrected chi connectivity index (χ2v) is 6.13. The zero-order valence-corrected chi connectivity index (χ0v) is 12.8. The summed E-state index contributed by atoms with van der Waals surface area (Å²) in [4.78, 5) is 23.2. The molecule has 1 aliphatic rings. The Hall–Kier alpha value is -1.88. The van der Waals surface area contributed by atoms with Crippen molar-refractivity contribution in [2.45, 2.75) is 24.8 Å². The van der Waals surface area contributed by atoms with E-state index in [0.717, 1.165) is 41.5 Å². The van der Waals surface area contributed by atoms with Gasteiger partial charge in [0.1, 0.15) is 0 Å². The molecule has 0 unspecified atom stereocenters. The Morgan fingerprint density at radius 2 is 2.24 bits per heavy atom. The highest BCUT2D eigenvalue weighted by Crippen LogP contribution is 2.26. The maximum Gasteiger partial charge on any atom is 0.259 e. The lowest BCUT2D eigenvalue weighted by Gasteiger charge is -2.28.